The number of fused-ring (bicyclic) bond motifs is 1. The van der Waals surface area contributed by atoms with E-state index in [9.17, 15) is 4.79 Å². The predicted molar refractivity (Wildman–Crippen MR) is 92.3 cm³/mol. The number of oxazole rings is 1. The van der Waals surface area contributed by atoms with E-state index in [0.717, 1.165) is 16.8 Å². The Morgan fingerprint density at radius 2 is 2.16 bits per heavy atom. The number of amides is 1. The number of rotatable bonds is 5. The Hall–Kier alpha value is -3.24. The number of carbonyl (C=O) groups excluding carboxylic acids is 1. The first kappa shape index (κ1) is 16.6. The molecule has 0 bridgehead atoms. The average Bonchev–Trinajstić information content (AvgIpc) is 3.00. The third-order valence-corrected chi connectivity index (χ3v) is 3.74. The molecule has 1 aromatic carbocycles. The van der Waals surface area contributed by atoms with Crippen LogP contribution in [0.2, 0.25) is 0 Å². The topological polar surface area (TPSA) is 118 Å². The van der Waals surface area contributed by atoms with Gasteiger partial charge in [-0.3, -0.25) is 9.78 Å². The van der Waals surface area contributed by atoms with Gasteiger partial charge in [-0.25, -0.2) is 4.98 Å². The minimum absolute atomic E-state index is 0.0746. The van der Waals surface area contributed by atoms with Crippen molar-refractivity contribution in [3.05, 3.63) is 48.1 Å². The summed E-state index contributed by atoms with van der Waals surface area (Å²) >= 11 is 0. The maximum atomic E-state index is 11.7. The number of nitriles is 1. The molecule has 1 atom stereocenters. The zero-order valence-electron chi connectivity index (χ0n) is 13.7. The molecule has 0 saturated carbocycles. The summed E-state index contributed by atoms with van der Waals surface area (Å²) in [6, 6.07) is 10.7. The lowest BCUT2D eigenvalue weighted by Gasteiger charge is -2.07. The number of aryl methyl sites for hydroxylation is 1. The molecule has 126 valence electrons. The van der Waals surface area contributed by atoms with Crippen molar-refractivity contribution >= 4 is 17.0 Å². The van der Waals surface area contributed by atoms with Crippen LogP contribution in [0, 0.1) is 18.3 Å². The van der Waals surface area contributed by atoms with Crippen LogP contribution in [0.25, 0.3) is 22.2 Å². The third kappa shape index (κ3) is 3.82. The highest BCUT2D eigenvalue weighted by Crippen LogP contribution is 2.25. The van der Waals surface area contributed by atoms with Crippen molar-refractivity contribution in [3.63, 3.8) is 0 Å². The highest BCUT2D eigenvalue weighted by molar-refractivity contribution is 5.82. The summed E-state index contributed by atoms with van der Waals surface area (Å²) in [5.74, 6) is -0.0191. The first-order chi connectivity index (χ1) is 12.1. The third-order valence-electron chi connectivity index (χ3n) is 3.74. The van der Waals surface area contributed by atoms with Crippen LogP contribution >= 0.6 is 0 Å². The highest BCUT2D eigenvalue weighted by Gasteiger charge is 2.17. The largest absolute Gasteiger partial charge is 0.441 e. The van der Waals surface area contributed by atoms with Crippen LogP contribution in [0.3, 0.4) is 0 Å². The van der Waals surface area contributed by atoms with E-state index in [4.69, 9.17) is 15.4 Å². The van der Waals surface area contributed by atoms with Gasteiger partial charge < -0.3 is 15.5 Å². The molecule has 0 saturated heterocycles. The molecule has 25 heavy (non-hydrogen) atoms. The Morgan fingerprint density at radius 3 is 2.92 bits per heavy atom. The van der Waals surface area contributed by atoms with E-state index in [1.807, 2.05) is 43.3 Å². The lowest BCUT2D eigenvalue weighted by Crippen LogP contribution is -2.42. The van der Waals surface area contributed by atoms with Crippen molar-refractivity contribution < 1.29 is 9.21 Å². The van der Waals surface area contributed by atoms with Crippen LogP contribution in [-0.2, 0) is 11.2 Å². The smallest absolute Gasteiger partial charge is 0.238 e. The molecular weight excluding hydrogens is 318 g/mol. The van der Waals surface area contributed by atoms with Gasteiger partial charge >= 0.3 is 0 Å². The summed E-state index contributed by atoms with van der Waals surface area (Å²) in [6.45, 7) is 1.86. The molecule has 0 aliphatic rings. The number of hydrogen-bond acceptors (Lipinski definition) is 6. The van der Waals surface area contributed by atoms with Crippen LogP contribution in [-0.4, -0.2) is 28.5 Å². The highest BCUT2D eigenvalue weighted by atomic mass is 16.3. The van der Waals surface area contributed by atoms with E-state index < -0.39 is 11.9 Å². The van der Waals surface area contributed by atoms with Gasteiger partial charge in [0.1, 0.15) is 12.1 Å². The zero-order chi connectivity index (χ0) is 17.8. The van der Waals surface area contributed by atoms with Gasteiger partial charge in [0.05, 0.1) is 12.1 Å². The van der Waals surface area contributed by atoms with Crippen molar-refractivity contribution in [2.75, 3.05) is 6.54 Å². The molecule has 0 aliphatic carbocycles. The summed E-state index contributed by atoms with van der Waals surface area (Å²) in [7, 11) is 0. The normalized spacial score (nSPS) is 11.9. The number of benzene rings is 1. The van der Waals surface area contributed by atoms with Crippen LogP contribution < -0.4 is 11.1 Å². The van der Waals surface area contributed by atoms with Gasteiger partial charge in [-0.1, -0.05) is 6.07 Å². The van der Waals surface area contributed by atoms with E-state index in [-0.39, 0.29) is 13.0 Å². The average molecular weight is 335 g/mol. The Kier molecular flexibility index (Phi) is 4.73. The second-order valence-electron chi connectivity index (χ2n) is 5.66. The quantitative estimate of drug-likeness (QED) is 0.685. The van der Waals surface area contributed by atoms with E-state index in [1.54, 1.807) is 6.20 Å². The summed E-state index contributed by atoms with van der Waals surface area (Å²) in [6.07, 6.45) is 1.93. The number of carbonyl (C=O) groups is 1. The number of aromatic nitrogens is 2. The monoisotopic (exact) mass is 335 g/mol. The molecular formula is C18H17N5O2. The standard InChI is InChI=1S/C18H17N5O2/c1-11-8-13(4-6-21-11)12-2-3-15-16(9-12)25-17(23-15)10-14(20)18(24)22-7-5-19/h2-4,6,8-9,14H,7,10,20H2,1H3,(H,22,24). The number of hydrogen-bond donors (Lipinski definition) is 2. The molecule has 0 radical (unpaired) electrons. The summed E-state index contributed by atoms with van der Waals surface area (Å²) in [5.41, 5.74) is 10.1. The number of nitrogens with zero attached hydrogens (tertiary/aromatic N) is 3. The predicted octanol–water partition coefficient (Wildman–Crippen LogP) is 1.71. The summed E-state index contributed by atoms with van der Waals surface area (Å²) < 4.78 is 5.73. The Labute approximate surface area is 144 Å². The molecule has 7 heteroatoms. The second-order valence-corrected chi connectivity index (χ2v) is 5.66. The molecule has 3 N–H and O–H groups in total. The molecule has 1 unspecified atom stereocenters. The van der Waals surface area contributed by atoms with Crippen LogP contribution in [0.4, 0.5) is 0 Å². The molecule has 3 aromatic rings. The molecule has 0 fully saturated rings. The Morgan fingerprint density at radius 1 is 1.36 bits per heavy atom. The fraction of sp³-hybridized carbons (Fsp3) is 0.222. The molecule has 1 amide bonds. The van der Waals surface area contributed by atoms with Gasteiger partial charge in [0.2, 0.25) is 5.91 Å². The van der Waals surface area contributed by atoms with E-state index in [0.29, 0.717) is 17.0 Å². The molecule has 2 heterocycles. The van der Waals surface area contributed by atoms with Crippen molar-refractivity contribution in [2.24, 2.45) is 5.73 Å². The second kappa shape index (κ2) is 7.11. The summed E-state index contributed by atoms with van der Waals surface area (Å²) in [4.78, 5) is 20.3. The van der Waals surface area contributed by atoms with Gasteiger partial charge in [-0.15, -0.1) is 0 Å². The fourth-order valence-corrected chi connectivity index (χ4v) is 2.50. The van der Waals surface area contributed by atoms with Gasteiger partial charge in [-0.2, -0.15) is 5.26 Å². The zero-order valence-corrected chi connectivity index (χ0v) is 13.7. The molecule has 0 aliphatic heterocycles. The van der Waals surface area contributed by atoms with E-state index in [1.165, 1.54) is 0 Å². The van der Waals surface area contributed by atoms with Gasteiger partial charge in [0.15, 0.2) is 11.5 Å². The Balaban J connectivity index is 1.81. The van der Waals surface area contributed by atoms with Crippen LogP contribution in [0.1, 0.15) is 11.6 Å². The van der Waals surface area contributed by atoms with Crippen LogP contribution in [0.5, 0.6) is 0 Å². The van der Waals surface area contributed by atoms with Gasteiger partial charge in [-0.05, 0) is 42.3 Å². The number of nitrogens with one attached hydrogen (secondary N) is 1. The number of nitrogens with two attached hydrogens (primary N) is 1. The fourth-order valence-electron chi connectivity index (χ4n) is 2.50. The minimum Gasteiger partial charge on any atom is -0.441 e. The van der Waals surface area contributed by atoms with Crippen LogP contribution in [0.15, 0.2) is 40.9 Å². The maximum Gasteiger partial charge on any atom is 0.238 e. The van der Waals surface area contributed by atoms with Crippen molar-refractivity contribution in [1.29, 1.82) is 5.26 Å². The first-order valence-corrected chi connectivity index (χ1v) is 7.79. The van der Waals surface area contributed by atoms with Crippen molar-refractivity contribution in [2.45, 2.75) is 19.4 Å². The molecule has 7 nitrogen and oxygen atoms in total. The van der Waals surface area contributed by atoms with E-state index in [2.05, 4.69) is 15.3 Å². The lowest BCUT2D eigenvalue weighted by molar-refractivity contribution is -0.122. The van der Waals surface area contributed by atoms with Gasteiger partial charge in [0.25, 0.3) is 0 Å². The number of pyridine rings is 1. The maximum absolute atomic E-state index is 11.7. The Bertz CT molecular complexity index is 957. The molecule has 2 aromatic heterocycles. The molecule has 0 spiro atoms. The van der Waals surface area contributed by atoms with Crippen molar-refractivity contribution in [1.82, 2.24) is 15.3 Å². The lowest BCUT2D eigenvalue weighted by atomic mass is 10.1. The first-order valence-electron chi connectivity index (χ1n) is 7.79. The molecule has 3 rings (SSSR count). The van der Waals surface area contributed by atoms with Crippen molar-refractivity contribution in [3.8, 4) is 17.2 Å². The SMILES string of the molecule is Cc1cc(-c2ccc3nc(CC(N)C(=O)NCC#N)oc3c2)ccn1. The van der Waals surface area contributed by atoms with E-state index >= 15 is 0 Å². The minimum atomic E-state index is -0.816. The van der Waals surface area contributed by atoms with Gasteiger partial charge in [0, 0.05) is 18.3 Å². The summed E-state index contributed by atoms with van der Waals surface area (Å²) in [5, 5.41) is 10.9.